The Morgan fingerprint density at radius 2 is 1.96 bits per heavy atom. The van der Waals surface area contributed by atoms with E-state index in [4.69, 9.17) is 4.74 Å². The van der Waals surface area contributed by atoms with E-state index in [0.717, 1.165) is 23.7 Å². The molecule has 1 heterocycles. The van der Waals surface area contributed by atoms with Crippen LogP contribution in [-0.4, -0.2) is 44.0 Å². The predicted molar refractivity (Wildman–Crippen MR) is 100 cm³/mol. The lowest BCUT2D eigenvalue weighted by Crippen LogP contribution is -2.33. The van der Waals surface area contributed by atoms with Crippen molar-refractivity contribution >= 4 is 28.9 Å². The van der Waals surface area contributed by atoms with Crippen LogP contribution in [0.3, 0.4) is 0 Å². The van der Waals surface area contributed by atoms with Crippen LogP contribution in [0.5, 0.6) is 0 Å². The first-order valence-electron chi connectivity index (χ1n) is 8.39. The largest absolute Gasteiger partial charge is 0.452 e. The number of nitro groups is 1. The van der Waals surface area contributed by atoms with Gasteiger partial charge in [-0.3, -0.25) is 14.9 Å². The van der Waals surface area contributed by atoms with Gasteiger partial charge in [0.15, 0.2) is 6.61 Å². The third kappa shape index (κ3) is 3.74. The predicted octanol–water partition coefficient (Wildman–Crippen LogP) is 2.41. The number of nitro benzene ring substituents is 1. The van der Waals surface area contributed by atoms with Gasteiger partial charge in [-0.1, -0.05) is 18.2 Å². The minimum absolute atomic E-state index is 0.0452. The third-order valence-corrected chi connectivity index (χ3v) is 4.41. The summed E-state index contributed by atoms with van der Waals surface area (Å²) in [5, 5.41) is 11.0. The average molecular weight is 369 g/mol. The molecule has 1 aliphatic rings. The highest BCUT2D eigenvalue weighted by Crippen LogP contribution is 2.28. The number of non-ortho nitro benzene ring substituents is 1. The molecule has 140 valence electrons. The van der Waals surface area contributed by atoms with E-state index in [1.165, 1.54) is 12.1 Å². The number of ether oxygens (including phenoxy) is 1. The maximum atomic E-state index is 12.5. The molecule has 3 rings (SSSR count). The molecule has 27 heavy (non-hydrogen) atoms. The molecule has 0 aliphatic carbocycles. The number of amides is 1. The van der Waals surface area contributed by atoms with Crippen molar-refractivity contribution in [2.75, 3.05) is 37.0 Å². The first-order chi connectivity index (χ1) is 12.9. The number of fused-ring (bicyclic) bond motifs is 1. The zero-order valence-corrected chi connectivity index (χ0v) is 15.0. The van der Waals surface area contributed by atoms with Crippen LogP contribution < -0.4 is 9.80 Å². The van der Waals surface area contributed by atoms with Crippen molar-refractivity contribution in [2.45, 2.75) is 6.42 Å². The van der Waals surface area contributed by atoms with Gasteiger partial charge < -0.3 is 14.5 Å². The molecule has 2 aromatic carbocycles. The molecule has 8 nitrogen and oxygen atoms in total. The monoisotopic (exact) mass is 369 g/mol. The fourth-order valence-electron chi connectivity index (χ4n) is 3.07. The van der Waals surface area contributed by atoms with Gasteiger partial charge >= 0.3 is 5.97 Å². The zero-order chi connectivity index (χ0) is 19.6. The van der Waals surface area contributed by atoms with Gasteiger partial charge in [-0.25, -0.2) is 4.79 Å². The molecule has 0 unspecified atom stereocenters. The lowest BCUT2D eigenvalue weighted by atomic mass is 10.1. The van der Waals surface area contributed by atoms with E-state index in [1.54, 1.807) is 23.9 Å². The molecule has 2 aromatic rings. The number of esters is 1. The number of hydrogen-bond donors (Lipinski definition) is 0. The van der Waals surface area contributed by atoms with Crippen LogP contribution in [-0.2, 0) is 16.0 Å². The van der Waals surface area contributed by atoms with Crippen LogP contribution in [0.4, 0.5) is 17.1 Å². The summed E-state index contributed by atoms with van der Waals surface area (Å²) >= 11 is 0. The molecule has 0 aromatic heterocycles. The lowest BCUT2D eigenvalue weighted by molar-refractivity contribution is -0.384. The van der Waals surface area contributed by atoms with Crippen LogP contribution in [0.1, 0.15) is 15.9 Å². The van der Waals surface area contributed by atoms with E-state index < -0.39 is 17.5 Å². The van der Waals surface area contributed by atoms with Crippen molar-refractivity contribution in [3.8, 4) is 0 Å². The quantitative estimate of drug-likeness (QED) is 0.456. The molecule has 0 spiro atoms. The number of carbonyl (C=O) groups is 2. The molecule has 0 saturated heterocycles. The highest BCUT2D eigenvalue weighted by atomic mass is 16.6. The number of benzene rings is 2. The second kappa shape index (κ2) is 7.45. The Morgan fingerprint density at radius 1 is 1.22 bits per heavy atom. The van der Waals surface area contributed by atoms with E-state index in [2.05, 4.69) is 0 Å². The highest BCUT2D eigenvalue weighted by Gasteiger charge is 2.26. The standard InChI is InChI=1S/C19H19N3O5/c1-20(2)17-8-7-14(22(25)26)11-15(17)19(24)27-12-18(23)21-10-9-13-5-3-4-6-16(13)21/h3-8,11H,9-10,12H2,1-2H3. The Labute approximate surface area is 156 Å². The van der Waals surface area contributed by atoms with E-state index in [-0.39, 0.29) is 17.2 Å². The summed E-state index contributed by atoms with van der Waals surface area (Å²) < 4.78 is 5.16. The van der Waals surface area contributed by atoms with Crippen molar-refractivity contribution in [2.24, 2.45) is 0 Å². The summed E-state index contributed by atoms with van der Waals surface area (Å²) in [6.07, 6.45) is 0.755. The summed E-state index contributed by atoms with van der Waals surface area (Å²) in [4.78, 5) is 38.6. The van der Waals surface area contributed by atoms with Gasteiger partial charge in [0.25, 0.3) is 11.6 Å². The molecular weight excluding hydrogens is 350 g/mol. The van der Waals surface area contributed by atoms with Crippen molar-refractivity contribution in [1.82, 2.24) is 0 Å². The molecule has 0 fully saturated rings. The van der Waals surface area contributed by atoms with Crippen LogP contribution in [0.25, 0.3) is 0 Å². The van der Waals surface area contributed by atoms with Crippen molar-refractivity contribution in [1.29, 1.82) is 0 Å². The molecule has 1 aliphatic heterocycles. The molecule has 0 radical (unpaired) electrons. The van der Waals surface area contributed by atoms with Gasteiger partial charge in [0.2, 0.25) is 0 Å². The van der Waals surface area contributed by atoms with Crippen molar-refractivity contribution in [3.63, 3.8) is 0 Å². The first kappa shape index (κ1) is 18.4. The summed E-state index contributed by atoms with van der Waals surface area (Å²) in [6.45, 7) is 0.109. The van der Waals surface area contributed by atoms with E-state index in [1.807, 2.05) is 24.3 Å². The van der Waals surface area contributed by atoms with Gasteiger partial charge in [0.05, 0.1) is 16.2 Å². The third-order valence-electron chi connectivity index (χ3n) is 4.41. The molecular formula is C19H19N3O5. The van der Waals surface area contributed by atoms with Gasteiger partial charge in [0.1, 0.15) is 0 Å². The summed E-state index contributed by atoms with van der Waals surface area (Å²) in [5.74, 6) is -1.10. The SMILES string of the molecule is CN(C)c1ccc([N+](=O)[O-])cc1C(=O)OCC(=O)N1CCc2ccccc21. The molecule has 0 N–H and O–H groups in total. The second-order valence-corrected chi connectivity index (χ2v) is 6.35. The van der Waals surface area contributed by atoms with Gasteiger partial charge in [-0.2, -0.15) is 0 Å². The van der Waals surface area contributed by atoms with Crippen molar-refractivity contribution in [3.05, 3.63) is 63.7 Å². The Hall–Kier alpha value is -3.42. The second-order valence-electron chi connectivity index (χ2n) is 6.35. The molecule has 8 heteroatoms. The summed E-state index contributed by atoms with van der Waals surface area (Å²) in [7, 11) is 3.43. The minimum Gasteiger partial charge on any atom is -0.452 e. The number of rotatable bonds is 5. The zero-order valence-electron chi connectivity index (χ0n) is 15.0. The van der Waals surface area contributed by atoms with Gasteiger partial charge in [-0.15, -0.1) is 0 Å². The Kier molecular flexibility index (Phi) is 5.07. The average Bonchev–Trinajstić information content (AvgIpc) is 3.09. The van der Waals surface area contributed by atoms with Crippen molar-refractivity contribution < 1.29 is 19.2 Å². The summed E-state index contributed by atoms with van der Waals surface area (Å²) in [5.41, 5.74) is 2.20. The maximum Gasteiger partial charge on any atom is 0.341 e. The number of para-hydroxylation sites is 1. The van der Waals surface area contributed by atoms with Crippen LogP contribution in [0, 0.1) is 10.1 Å². The highest BCUT2D eigenvalue weighted by molar-refractivity contribution is 6.00. The van der Waals surface area contributed by atoms with E-state index >= 15 is 0 Å². The maximum absolute atomic E-state index is 12.5. The normalized spacial score (nSPS) is 12.4. The number of nitrogens with zero attached hydrogens (tertiary/aromatic N) is 3. The fraction of sp³-hybridized carbons (Fsp3) is 0.263. The van der Waals surface area contributed by atoms with E-state index in [0.29, 0.717) is 12.2 Å². The number of anilines is 2. The Balaban J connectivity index is 1.73. The van der Waals surface area contributed by atoms with Crippen LogP contribution in [0.15, 0.2) is 42.5 Å². The van der Waals surface area contributed by atoms with Gasteiger partial charge in [-0.05, 0) is 24.1 Å². The minimum atomic E-state index is -0.775. The Bertz CT molecular complexity index is 910. The van der Waals surface area contributed by atoms with Gasteiger partial charge in [0, 0.05) is 38.5 Å². The molecule has 0 atom stereocenters. The fourth-order valence-corrected chi connectivity index (χ4v) is 3.07. The topological polar surface area (TPSA) is 93.0 Å². The first-order valence-corrected chi connectivity index (χ1v) is 8.39. The molecule has 1 amide bonds. The Morgan fingerprint density at radius 3 is 2.67 bits per heavy atom. The number of hydrogen-bond acceptors (Lipinski definition) is 6. The number of carbonyl (C=O) groups excluding carboxylic acids is 2. The van der Waals surface area contributed by atoms with Crippen LogP contribution >= 0.6 is 0 Å². The van der Waals surface area contributed by atoms with E-state index in [9.17, 15) is 19.7 Å². The molecule has 0 saturated carbocycles. The smallest absolute Gasteiger partial charge is 0.341 e. The van der Waals surface area contributed by atoms with Crippen LogP contribution in [0.2, 0.25) is 0 Å². The lowest BCUT2D eigenvalue weighted by Gasteiger charge is -2.19. The summed E-state index contributed by atoms with van der Waals surface area (Å²) in [6, 6.07) is 11.5. The molecule has 0 bridgehead atoms.